The first-order valence-corrected chi connectivity index (χ1v) is 10.1. The highest BCUT2D eigenvalue weighted by molar-refractivity contribution is 14.1. The largest absolute Gasteiger partial charge is 0.423 e. The molecule has 2 aromatic rings. The maximum atomic E-state index is 12.3. The van der Waals surface area contributed by atoms with Crippen LogP contribution in [0.1, 0.15) is 22.8 Å². The normalized spacial score (nSPS) is 15.6. The first kappa shape index (κ1) is 19.1. The number of hydrogen-bond donors (Lipinski definition) is 0. The highest BCUT2D eigenvalue weighted by Crippen LogP contribution is 2.32. The minimum Gasteiger partial charge on any atom is -0.423 e. The zero-order chi connectivity index (χ0) is 18.7. The molecule has 0 radical (unpaired) electrons. The van der Waals surface area contributed by atoms with Crippen LogP contribution in [0.2, 0.25) is 0 Å². The second-order valence-electron chi connectivity index (χ2n) is 5.37. The van der Waals surface area contributed by atoms with Crippen molar-refractivity contribution < 1.29 is 14.3 Å². The van der Waals surface area contributed by atoms with E-state index in [4.69, 9.17) is 17.0 Å². The summed E-state index contributed by atoms with van der Waals surface area (Å²) in [6.45, 7) is 2.44. The standard InChI is InChI=1S/C19H14INO3S2/c1-2-21-17(22)16(26-19(21)25)11-12-6-5-7-13(10-12)24-18(23)14-8-3-4-9-15(14)20/h3-11H,2H2,1H3/b16-11-. The number of thiocarbonyl (C=S) groups is 1. The van der Waals surface area contributed by atoms with Crippen LogP contribution in [0.4, 0.5) is 0 Å². The number of halogens is 1. The van der Waals surface area contributed by atoms with Crippen molar-refractivity contribution in [3.05, 3.63) is 68.1 Å². The first-order chi connectivity index (χ1) is 12.5. The Morgan fingerprint density at radius 2 is 2.04 bits per heavy atom. The van der Waals surface area contributed by atoms with Crippen molar-refractivity contribution in [3.8, 4) is 5.75 Å². The number of carbonyl (C=O) groups is 2. The lowest BCUT2D eigenvalue weighted by Crippen LogP contribution is -2.27. The molecule has 0 N–H and O–H groups in total. The molecule has 1 amide bonds. The lowest BCUT2D eigenvalue weighted by molar-refractivity contribution is -0.121. The highest BCUT2D eigenvalue weighted by atomic mass is 127. The third-order valence-electron chi connectivity index (χ3n) is 3.65. The van der Waals surface area contributed by atoms with E-state index in [-0.39, 0.29) is 5.91 Å². The molecule has 0 saturated carbocycles. The Hall–Kier alpha value is -1.71. The molecule has 132 valence electrons. The summed E-state index contributed by atoms with van der Waals surface area (Å²) < 4.78 is 6.86. The van der Waals surface area contributed by atoms with Crippen LogP contribution in [-0.2, 0) is 4.79 Å². The molecule has 3 rings (SSSR count). The van der Waals surface area contributed by atoms with Gasteiger partial charge in [-0.3, -0.25) is 9.69 Å². The van der Waals surface area contributed by atoms with E-state index in [1.54, 1.807) is 41.3 Å². The van der Waals surface area contributed by atoms with E-state index in [9.17, 15) is 9.59 Å². The predicted molar refractivity (Wildman–Crippen MR) is 116 cm³/mol. The van der Waals surface area contributed by atoms with Crippen LogP contribution in [-0.4, -0.2) is 27.6 Å². The number of benzene rings is 2. The summed E-state index contributed by atoms with van der Waals surface area (Å²) in [6, 6.07) is 14.3. The molecule has 0 aromatic heterocycles. The summed E-state index contributed by atoms with van der Waals surface area (Å²) in [6.07, 6.45) is 1.76. The van der Waals surface area contributed by atoms with Crippen molar-refractivity contribution in [2.45, 2.75) is 6.92 Å². The van der Waals surface area contributed by atoms with Crippen LogP contribution < -0.4 is 4.74 Å². The van der Waals surface area contributed by atoms with Crippen LogP contribution in [0.25, 0.3) is 6.08 Å². The quantitative estimate of drug-likeness (QED) is 0.202. The Labute approximate surface area is 174 Å². The molecule has 26 heavy (non-hydrogen) atoms. The van der Waals surface area contributed by atoms with Crippen molar-refractivity contribution in [2.24, 2.45) is 0 Å². The predicted octanol–water partition coefficient (Wildman–Crippen LogP) is 4.73. The molecule has 0 unspecified atom stereocenters. The molecular weight excluding hydrogens is 481 g/mol. The lowest BCUT2D eigenvalue weighted by Gasteiger charge is -2.09. The Kier molecular flexibility index (Phi) is 6.10. The fourth-order valence-electron chi connectivity index (χ4n) is 2.38. The molecule has 1 heterocycles. The van der Waals surface area contributed by atoms with Gasteiger partial charge in [-0.15, -0.1) is 0 Å². The van der Waals surface area contributed by atoms with Gasteiger partial charge < -0.3 is 4.74 Å². The molecule has 1 saturated heterocycles. The van der Waals surface area contributed by atoms with Crippen LogP contribution in [0, 0.1) is 3.57 Å². The van der Waals surface area contributed by atoms with Crippen molar-refractivity contribution in [2.75, 3.05) is 6.54 Å². The van der Waals surface area contributed by atoms with Gasteiger partial charge in [-0.05, 0) is 65.4 Å². The number of rotatable bonds is 4. The average molecular weight is 495 g/mol. The van der Waals surface area contributed by atoms with Gasteiger partial charge in [0, 0.05) is 10.1 Å². The summed E-state index contributed by atoms with van der Waals surface area (Å²) in [4.78, 5) is 26.8. The number of likely N-dealkylation sites (N-methyl/N-ethyl adjacent to an activating group) is 1. The number of nitrogens with zero attached hydrogens (tertiary/aromatic N) is 1. The van der Waals surface area contributed by atoms with Crippen molar-refractivity contribution in [1.29, 1.82) is 0 Å². The fraction of sp³-hybridized carbons (Fsp3) is 0.105. The molecule has 1 aliphatic heterocycles. The third-order valence-corrected chi connectivity index (χ3v) is 5.97. The number of carbonyl (C=O) groups excluding carboxylic acids is 2. The van der Waals surface area contributed by atoms with Gasteiger partial charge in [-0.25, -0.2) is 4.79 Å². The second kappa shape index (κ2) is 8.32. The SMILES string of the molecule is CCN1C(=O)/C(=C/c2cccc(OC(=O)c3ccccc3I)c2)SC1=S. The number of thioether (sulfide) groups is 1. The Bertz CT molecular complexity index is 927. The zero-order valence-corrected chi connectivity index (χ0v) is 17.6. The first-order valence-electron chi connectivity index (χ1n) is 7.81. The smallest absolute Gasteiger partial charge is 0.344 e. The number of esters is 1. The van der Waals surface area contributed by atoms with Crippen LogP contribution in [0.15, 0.2) is 53.4 Å². The van der Waals surface area contributed by atoms with E-state index in [2.05, 4.69) is 22.6 Å². The Morgan fingerprint density at radius 1 is 1.27 bits per heavy atom. The second-order valence-corrected chi connectivity index (χ2v) is 8.21. The number of ether oxygens (including phenoxy) is 1. The maximum absolute atomic E-state index is 12.3. The van der Waals surface area contributed by atoms with Crippen LogP contribution >= 0.6 is 46.6 Å². The van der Waals surface area contributed by atoms with E-state index in [1.165, 1.54) is 11.8 Å². The van der Waals surface area contributed by atoms with Gasteiger partial charge >= 0.3 is 5.97 Å². The summed E-state index contributed by atoms with van der Waals surface area (Å²) in [7, 11) is 0. The molecule has 0 spiro atoms. The molecule has 1 aliphatic rings. The molecule has 0 atom stereocenters. The average Bonchev–Trinajstić information content (AvgIpc) is 2.88. The van der Waals surface area contributed by atoms with E-state index in [0.29, 0.717) is 27.1 Å². The zero-order valence-electron chi connectivity index (χ0n) is 13.8. The highest BCUT2D eigenvalue weighted by Gasteiger charge is 2.30. The van der Waals surface area contributed by atoms with Crippen LogP contribution in [0.5, 0.6) is 5.75 Å². The fourth-order valence-corrected chi connectivity index (χ4v) is 4.37. The summed E-state index contributed by atoms with van der Waals surface area (Å²) >= 11 is 8.60. The van der Waals surface area contributed by atoms with E-state index in [1.807, 2.05) is 25.1 Å². The van der Waals surface area contributed by atoms with Gasteiger partial charge in [-0.1, -0.05) is 48.2 Å². The Balaban J connectivity index is 1.80. The van der Waals surface area contributed by atoms with Gasteiger partial charge in [0.2, 0.25) is 0 Å². The van der Waals surface area contributed by atoms with E-state index in [0.717, 1.165) is 9.13 Å². The van der Waals surface area contributed by atoms with Crippen molar-refractivity contribution in [3.63, 3.8) is 0 Å². The monoisotopic (exact) mass is 495 g/mol. The molecular formula is C19H14INO3S2. The van der Waals surface area contributed by atoms with E-state index >= 15 is 0 Å². The summed E-state index contributed by atoms with van der Waals surface area (Å²) in [5.41, 5.74) is 1.29. The van der Waals surface area contributed by atoms with E-state index < -0.39 is 5.97 Å². The van der Waals surface area contributed by atoms with Crippen LogP contribution in [0.3, 0.4) is 0 Å². The molecule has 2 aromatic carbocycles. The maximum Gasteiger partial charge on any atom is 0.344 e. The molecule has 0 bridgehead atoms. The molecule has 7 heteroatoms. The topological polar surface area (TPSA) is 46.6 Å². The van der Waals surface area contributed by atoms with Gasteiger partial charge in [0.05, 0.1) is 10.5 Å². The minimum absolute atomic E-state index is 0.0938. The van der Waals surface area contributed by atoms with Crippen molar-refractivity contribution in [1.82, 2.24) is 4.90 Å². The molecule has 0 aliphatic carbocycles. The van der Waals surface area contributed by atoms with Crippen molar-refractivity contribution >= 4 is 68.8 Å². The third kappa shape index (κ3) is 4.16. The van der Waals surface area contributed by atoms with Gasteiger partial charge in [0.15, 0.2) is 0 Å². The number of amides is 1. The lowest BCUT2D eigenvalue weighted by atomic mass is 10.2. The Morgan fingerprint density at radius 3 is 2.73 bits per heavy atom. The minimum atomic E-state index is -0.413. The molecule has 4 nitrogen and oxygen atoms in total. The summed E-state index contributed by atoms with van der Waals surface area (Å²) in [5.74, 6) is -0.0810. The van der Waals surface area contributed by atoms with Gasteiger partial charge in [0.25, 0.3) is 5.91 Å². The van der Waals surface area contributed by atoms with Gasteiger partial charge in [-0.2, -0.15) is 0 Å². The molecule has 1 fully saturated rings. The summed E-state index contributed by atoms with van der Waals surface area (Å²) in [5, 5.41) is 0. The van der Waals surface area contributed by atoms with Gasteiger partial charge in [0.1, 0.15) is 10.1 Å². The number of hydrogen-bond acceptors (Lipinski definition) is 5.